The van der Waals surface area contributed by atoms with Crippen LogP contribution in [0.5, 0.6) is 0 Å². The molecule has 1 aliphatic heterocycles. The Morgan fingerprint density at radius 2 is 2.40 bits per heavy atom. The van der Waals surface area contributed by atoms with Crippen molar-refractivity contribution >= 4 is 17.8 Å². The molecule has 0 radical (unpaired) electrons. The summed E-state index contributed by atoms with van der Waals surface area (Å²) in [5.41, 5.74) is 0.808. The summed E-state index contributed by atoms with van der Waals surface area (Å²) in [6.07, 6.45) is 1.68. The number of hydrogen-bond donors (Lipinski definition) is 2. The average molecular weight is 139 g/mol. The molecule has 0 amide bonds. The number of amidine groups is 1. The van der Waals surface area contributed by atoms with Crippen molar-refractivity contribution in [3.8, 4) is 0 Å². The van der Waals surface area contributed by atoms with E-state index >= 15 is 0 Å². The highest BCUT2D eigenvalue weighted by Gasteiger charge is 2.22. The molecule has 3 N–H and O–H groups in total. The van der Waals surface area contributed by atoms with E-state index < -0.39 is 0 Å². The van der Waals surface area contributed by atoms with E-state index in [2.05, 4.69) is 4.99 Å². The molecule has 0 aromatic heterocycles. The molecule has 0 bridgehead atoms. The van der Waals surface area contributed by atoms with Gasteiger partial charge in [0.15, 0.2) is 6.04 Å². The molecule has 1 unspecified atom stereocenters. The average Bonchev–Trinajstić information content (AvgIpc) is 1.93. The number of hydrazine groups is 1. The van der Waals surface area contributed by atoms with E-state index in [9.17, 15) is 0 Å². The number of hydrogen-bond acceptors (Lipinski definition) is 3. The molecule has 0 aliphatic carbocycles. The van der Waals surface area contributed by atoms with Crippen molar-refractivity contribution in [2.24, 2.45) is 10.8 Å². The zero-order valence-corrected chi connectivity index (χ0v) is 6.13. The van der Waals surface area contributed by atoms with Gasteiger partial charge in [-0.05, 0) is 6.92 Å². The summed E-state index contributed by atoms with van der Waals surface area (Å²) < 4.78 is 1.34. The molecular weight excluding hydrogens is 128 g/mol. The maximum atomic E-state index is 7.40. The molecule has 0 aromatic carbocycles. The van der Waals surface area contributed by atoms with Crippen LogP contribution in [0, 0.1) is 5.41 Å². The molecule has 1 heterocycles. The van der Waals surface area contributed by atoms with Crippen molar-refractivity contribution in [1.29, 1.82) is 5.41 Å². The Morgan fingerprint density at radius 1 is 1.80 bits per heavy atom. The van der Waals surface area contributed by atoms with Crippen LogP contribution in [-0.2, 0) is 0 Å². The van der Waals surface area contributed by atoms with Crippen LogP contribution in [0.3, 0.4) is 0 Å². The maximum absolute atomic E-state index is 7.40. The summed E-state index contributed by atoms with van der Waals surface area (Å²) in [5, 5.41) is 7.40. The topological polar surface area (TPSA) is 65.2 Å². The van der Waals surface area contributed by atoms with Crippen LogP contribution in [0.2, 0.25) is 0 Å². The quantitative estimate of drug-likeness (QED) is 0.354. The molecule has 0 spiro atoms. The molecule has 4 nitrogen and oxygen atoms in total. The molecule has 0 aromatic rings. The molecule has 0 fully saturated rings. The lowest BCUT2D eigenvalue weighted by molar-refractivity contribution is -0.423. The van der Waals surface area contributed by atoms with Gasteiger partial charge < -0.3 is 0 Å². The monoisotopic (exact) mass is 139 g/mol. The molecule has 10 heavy (non-hydrogen) atoms. The lowest BCUT2D eigenvalue weighted by atomic mass is 10.2. The van der Waals surface area contributed by atoms with Gasteiger partial charge in [-0.15, -0.1) is 4.68 Å². The van der Waals surface area contributed by atoms with Crippen molar-refractivity contribution in [2.75, 3.05) is 0 Å². The third kappa shape index (κ3) is 0.920. The van der Waals surface area contributed by atoms with E-state index in [1.807, 2.05) is 13.8 Å². The molecule has 54 valence electrons. The van der Waals surface area contributed by atoms with E-state index in [1.165, 1.54) is 4.68 Å². The van der Waals surface area contributed by atoms with Gasteiger partial charge in [-0.1, -0.05) is 5.41 Å². The molecule has 4 heteroatoms. The summed E-state index contributed by atoms with van der Waals surface area (Å²) in [4.78, 5) is 4.03. The second-order valence-electron chi connectivity index (χ2n) is 2.35. The van der Waals surface area contributed by atoms with Crippen LogP contribution >= 0.6 is 0 Å². The molecule has 0 saturated carbocycles. The smallest absolute Gasteiger partial charge is 0.273 e. The number of rotatable bonds is 0. The van der Waals surface area contributed by atoms with Crippen molar-refractivity contribution in [3.63, 3.8) is 0 Å². The minimum absolute atomic E-state index is 0.103. The summed E-state index contributed by atoms with van der Waals surface area (Å²) in [5.74, 6) is 5.84. The summed E-state index contributed by atoms with van der Waals surface area (Å²) in [6, 6.07) is -0.103. The second-order valence-corrected chi connectivity index (χ2v) is 2.35. The van der Waals surface area contributed by atoms with Crippen LogP contribution in [0.1, 0.15) is 13.8 Å². The minimum Gasteiger partial charge on any atom is -0.273 e. The highest BCUT2D eigenvalue weighted by molar-refractivity contribution is 6.29. The fourth-order valence-corrected chi connectivity index (χ4v) is 0.744. The van der Waals surface area contributed by atoms with E-state index in [4.69, 9.17) is 11.3 Å². The Labute approximate surface area is 59.6 Å². The Bertz CT molecular complexity index is 226. The molecule has 0 saturated heterocycles. The summed E-state index contributed by atoms with van der Waals surface area (Å²) in [6.45, 7) is 3.66. The number of nitrogens with zero attached hydrogens (tertiary/aromatic N) is 2. The van der Waals surface area contributed by atoms with Gasteiger partial charge in [0.25, 0.3) is 0 Å². The van der Waals surface area contributed by atoms with Crippen molar-refractivity contribution < 1.29 is 4.68 Å². The number of hydrazone groups is 1. The molecule has 1 atom stereocenters. The normalized spacial score (nSPS) is 25.8. The Hall–Kier alpha value is -1.19. The first-order chi connectivity index (χ1) is 4.63. The minimum atomic E-state index is -0.103. The van der Waals surface area contributed by atoms with Gasteiger partial charge in [-0.2, -0.15) is 0 Å². The number of nitrogens with two attached hydrogens (primary N) is 1. The highest BCUT2D eigenvalue weighted by Crippen LogP contribution is 1.95. The number of aliphatic imine (C=N–C) groups is 1. The van der Waals surface area contributed by atoms with Gasteiger partial charge in [-0.3, -0.25) is 10.8 Å². The highest BCUT2D eigenvalue weighted by atomic mass is 15.4. The van der Waals surface area contributed by atoms with Crippen LogP contribution in [0.25, 0.3) is 0 Å². The zero-order chi connectivity index (χ0) is 7.72. The SMILES string of the molecule is CC1=[N+](N)C(=N)C(C)N=C1. The van der Waals surface area contributed by atoms with Gasteiger partial charge in [0.05, 0.1) is 6.21 Å². The van der Waals surface area contributed by atoms with Crippen molar-refractivity contribution in [1.82, 2.24) is 0 Å². The standard InChI is InChI=1S/C6H11N4/c1-4-3-9-5(2)6(7)10(4)8/h3,5,7H,8H2,1-2H3/q+1. The predicted octanol–water partition coefficient (Wildman–Crippen LogP) is -0.216. The van der Waals surface area contributed by atoms with Crippen LogP contribution < -0.4 is 5.84 Å². The first-order valence-electron chi connectivity index (χ1n) is 3.13. The fourth-order valence-electron chi connectivity index (χ4n) is 0.744. The van der Waals surface area contributed by atoms with E-state index in [0.717, 1.165) is 5.71 Å². The third-order valence-corrected chi connectivity index (χ3v) is 1.52. The molecule has 1 aliphatic rings. The van der Waals surface area contributed by atoms with E-state index in [1.54, 1.807) is 6.21 Å². The van der Waals surface area contributed by atoms with E-state index in [0.29, 0.717) is 5.84 Å². The third-order valence-electron chi connectivity index (χ3n) is 1.52. The van der Waals surface area contributed by atoms with Crippen molar-refractivity contribution in [2.45, 2.75) is 19.9 Å². The first kappa shape index (κ1) is 6.92. The summed E-state index contributed by atoms with van der Waals surface area (Å²) >= 11 is 0. The van der Waals surface area contributed by atoms with Crippen LogP contribution in [0.4, 0.5) is 0 Å². The zero-order valence-electron chi connectivity index (χ0n) is 6.13. The van der Waals surface area contributed by atoms with Crippen LogP contribution in [-0.4, -0.2) is 28.5 Å². The van der Waals surface area contributed by atoms with E-state index in [-0.39, 0.29) is 6.04 Å². The fraction of sp³-hybridized carbons (Fsp3) is 0.500. The lowest BCUT2D eigenvalue weighted by Crippen LogP contribution is -2.41. The summed E-state index contributed by atoms with van der Waals surface area (Å²) in [7, 11) is 0. The van der Waals surface area contributed by atoms with Gasteiger partial charge in [0, 0.05) is 6.92 Å². The van der Waals surface area contributed by atoms with Crippen LogP contribution in [0.15, 0.2) is 4.99 Å². The maximum Gasteiger partial charge on any atom is 0.337 e. The Kier molecular flexibility index (Phi) is 1.53. The lowest BCUT2D eigenvalue weighted by Gasteiger charge is -2.09. The largest absolute Gasteiger partial charge is 0.337 e. The van der Waals surface area contributed by atoms with Gasteiger partial charge in [0.2, 0.25) is 0 Å². The second kappa shape index (κ2) is 2.21. The van der Waals surface area contributed by atoms with Gasteiger partial charge >= 0.3 is 5.84 Å². The molecule has 1 rings (SSSR count). The molecular formula is C6H11N4+. The Morgan fingerprint density at radius 3 is 2.90 bits per heavy atom. The predicted molar refractivity (Wildman–Crippen MR) is 40.8 cm³/mol. The first-order valence-corrected chi connectivity index (χ1v) is 3.13. The van der Waals surface area contributed by atoms with Gasteiger partial charge in [-0.25, -0.2) is 0 Å². The number of nitrogens with one attached hydrogen (secondary N) is 1. The van der Waals surface area contributed by atoms with Crippen molar-refractivity contribution in [3.05, 3.63) is 0 Å². The van der Waals surface area contributed by atoms with Gasteiger partial charge in [0.1, 0.15) is 5.71 Å². The Balaban J connectivity index is 3.00.